The van der Waals surface area contributed by atoms with E-state index in [0.717, 1.165) is 11.8 Å². The molecule has 0 unspecified atom stereocenters. The van der Waals surface area contributed by atoms with Gasteiger partial charge in [0.05, 0.1) is 5.69 Å². The van der Waals surface area contributed by atoms with Gasteiger partial charge in [0.1, 0.15) is 17.9 Å². The van der Waals surface area contributed by atoms with Gasteiger partial charge in [-0.25, -0.2) is 9.37 Å². The minimum atomic E-state index is -0.238. The Morgan fingerprint density at radius 3 is 2.94 bits per heavy atom. The predicted octanol–water partition coefficient (Wildman–Crippen LogP) is 2.65. The molecule has 0 saturated carbocycles. The fraction of sp³-hybridized carbons (Fsp3) is 0.286. The first-order chi connectivity index (χ1) is 8.69. The molecule has 0 aliphatic rings. The predicted molar refractivity (Wildman–Crippen MR) is 64.8 cm³/mol. The molecular formula is C14H14FNO2. The summed E-state index contributed by atoms with van der Waals surface area (Å²) in [6.07, 6.45) is 2.35. The Hall–Kier alpha value is -1.97. The molecule has 0 aliphatic carbocycles. The molecule has 1 aromatic carbocycles. The van der Waals surface area contributed by atoms with Gasteiger partial charge in [-0.05, 0) is 31.0 Å². The first-order valence-corrected chi connectivity index (χ1v) is 5.82. The lowest BCUT2D eigenvalue weighted by molar-refractivity contribution is -0.107. The molecule has 18 heavy (non-hydrogen) atoms. The van der Waals surface area contributed by atoms with Gasteiger partial charge in [-0.3, -0.25) is 0 Å². The van der Waals surface area contributed by atoms with Crippen LogP contribution in [0, 0.1) is 12.7 Å². The molecule has 0 bridgehead atoms. The van der Waals surface area contributed by atoms with Gasteiger partial charge in [-0.2, -0.15) is 0 Å². The van der Waals surface area contributed by atoms with E-state index in [-0.39, 0.29) is 12.2 Å². The van der Waals surface area contributed by atoms with Gasteiger partial charge in [-0.15, -0.1) is 0 Å². The number of nitrogens with zero attached hydrogens (tertiary/aromatic N) is 1. The van der Waals surface area contributed by atoms with Crippen molar-refractivity contribution < 1.29 is 13.6 Å². The average molecular weight is 247 g/mol. The summed E-state index contributed by atoms with van der Waals surface area (Å²) in [4.78, 5) is 14.7. The Labute approximate surface area is 105 Å². The molecule has 2 aromatic rings. The molecule has 0 saturated heterocycles. The van der Waals surface area contributed by atoms with Crippen molar-refractivity contribution in [3.05, 3.63) is 53.0 Å². The number of rotatable bonds is 5. The number of carbonyl (C=O) groups excluding carboxylic acids is 1. The van der Waals surface area contributed by atoms with Gasteiger partial charge >= 0.3 is 0 Å². The summed E-state index contributed by atoms with van der Waals surface area (Å²) in [5.74, 6) is 1.03. The second kappa shape index (κ2) is 5.58. The summed E-state index contributed by atoms with van der Waals surface area (Å²) in [7, 11) is 0. The molecule has 1 aromatic heterocycles. The second-order valence-electron chi connectivity index (χ2n) is 4.11. The average Bonchev–Trinajstić information content (AvgIpc) is 2.69. The largest absolute Gasteiger partial charge is 0.446 e. The smallest absolute Gasteiger partial charge is 0.194 e. The van der Waals surface area contributed by atoms with Crippen molar-refractivity contribution in [1.29, 1.82) is 0 Å². The van der Waals surface area contributed by atoms with Gasteiger partial charge < -0.3 is 9.21 Å². The van der Waals surface area contributed by atoms with Crippen LogP contribution in [0.15, 0.2) is 28.7 Å². The summed E-state index contributed by atoms with van der Waals surface area (Å²) in [6, 6.07) is 6.47. The van der Waals surface area contributed by atoms with Crippen LogP contribution in [0.4, 0.5) is 4.39 Å². The van der Waals surface area contributed by atoms with Crippen LogP contribution in [0.3, 0.4) is 0 Å². The van der Waals surface area contributed by atoms with Gasteiger partial charge in [0.2, 0.25) is 0 Å². The molecule has 0 radical (unpaired) electrons. The number of aromatic nitrogens is 1. The zero-order valence-corrected chi connectivity index (χ0v) is 10.1. The topological polar surface area (TPSA) is 43.1 Å². The Morgan fingerprint density at radius 2 is 2.22 bits per heavy atom. The summed E-state index contributed by atoms with van der Waals surface area (Å²) < 4.78 is 18.4. The number of carbonyl (C=O) groups is 1. The Bertz CT molecular complexity index is 548. The monoisotopic (exact) mass is 247 g/mol. The second-order valence-corrected chi connectivity index (χ2v) is 4.11. The highest BCUT2D eigenvalue weighted by Gasteiger charge is 2.09. The molecule has 2 rings (SSSR count). The van der Waals surface area contributed by atoms with E-state index in [0.29, 0.717) is 30.2 Å². The van der Waals surface area contributed by atoms with Crippen LogP contribution in [0.5, 0.6) is 0 Å². The summed E-state index contributed by atoms with van der Waals surface area (Å²) >= 11 is 0. The van der Waals surface area contributed by atoms with Crippen LogP contribution in [0.25, 0.3) is 0 Å². The standard InChI is InChI=1S/C14H14FNO2/c1-10-13(7-8-17)16-14(18-10)6-5-11-3-2-4-12(15)9-11/h2-4,8-9H,5-7H2,1H3. The molecular weight excluding hydrogens is 233 g/mol. The van der Waals surface area contributed by atoms with Crippen molar-refractivity contribution >= 4 is 6.29 Å². The van der Waals surface area contributed by atoms with E-state index in [1.165, 1.54) is 12.1 Å². The number of benzene rings is 1. The Kier molecular flexibility index (Phi) is 3.87. The van der Waals surface area contributed by atoms with Crippen molar-refractivity contribution in [2.45, 2.75) is 26.2 Å². The van der Waals surface area contributed by atoms with Crippen molar-refractivity contribution in [3.63, 3.8) is 0 Å². The van der Waals surface area contributed by atoms with E-state index in [4.69, 9.17) is 4.42 Å². The van der Waals surface area contributed by atoms with E-state index in [1.807, 2.05) is 6.07 Å². The van der Waals surface area contributed by atoms with Gasteiger partial charge in [-0.1, -0.05) is 12.1 Å². The van der Waals surface area contributed by atoms with E-state index < -0.39 is 0 Å². The molecule has 0 N–H and O–H groups in total. The molecule has 0 aliphatic heterocycles. The zero-order valence-electron chi connectivity index (χ0n) is 10.1. The normalized spacial score (nSPS) is 10.6. The molecule has 3 nitrogen and oxygen atoms in total. The fourth-order valence-electron chi connectivity index (χ4n) is 1.81. The maximum Gasteiger partial charge on any atom is 0.194 e. The van der Waals surface area contributed by atoms with Crippen LogP contribution in [-0.4, -0.2) is 11.3 Å². The lowest BCUT2D eigenvalue weighted by Gasteiger charge is -1.98. The molecule has 94 valence electrons. The third kappa shape index (κ3) is 3.03. The van der Waals surface area contributed by atoms with E-state index >= 15 is 0 Å². The summed E-state index contributed by atoms with van der Waals surface area (Å²) in [5.41, 5.74) is 1.59. The molecule has 1 heterocycles. The first-order valence-electron chi connectivity index (χ1n) is 5.82. The SMILES string of the molecule is Cc1oc(CCc2cccc(F)c2)nc1CC=O. The van der Waals surface area contributed by atoms with E-state index in [9.17, 15) is 9.18 Å². The molecule has 0 fully saturated rings. The number of hydrogen-bond donors (Lipinski definition) is 0. The minimum Gasteiger partial charge on any atom is -0.446 e. The first kappa shape index (κ1) is 12.5. The molecule has 0 atom stereocenters. The molecule has 0 spiro atoms. The van der Waals surface area contributed by atoms with Gasteiger partial charge in [0, 0.05) is 12.8 Å². The van der Waals surface area contributed by atoms with Crippen LogP contribution in [0.1, 0.15) is 22.9 Å². The van der Waals surface area contributed by atoms with Crippen LogP contribution >= 0.6 is 0 Å². The van der Waals surface area contributed by atoms with Crippen molar-refractivity contribution in [3.8, 4) is 0 Å². The Balaban J connectivity index is 2.02. The van der Waals surface area contributed by atoms with E-state index in [2.05, 4.69) is 4.98 Å². The number of aldehydes is 1. The number of oxazole rings is 1. The summed E-state index contributed by atoms with van der Waals surface area (Å²) in [5, 5.41) is 0. The maximum absolute atomic E-state index is 13.0. The molecule has 0 amide bonds. The maximum atomic E-state index is 13.0. The van der Waals surface area contributed by atoms with Crippen LogP contribution in [-0.2, 0) is 24.1 Å². The highest BCUT2D eigenvalue weighted by molar-refractivity contribution is 5.54. The zero-order chi connectivity index (χ0) is 13.0. The van der Waals surface area contributed by atoms with Gasteiger partial charge in [0.25, 0.3) is 0 Å². The van der Waals surface area contributed by atoms with Gasteiger partial charge in [0.15, 0.2) is 5.89 Å². The fourth-order valence-corrected chi connectivity index (χ4v) is 1.81. The number of halogens is 1. The molecule has 4 heteroatoms. The minimum absolute atomic E-state index is 0.238. The highest BCUT2D eigenvalue weighted by Crippen LogP contribution is 2.13. The van der Waals surface area contributed by atoms with Crippen molar-refractivity contribution in [1.82, 2.24) is 4.98 Å². The highest BCUT2D eigenvalue weighted by atomic mass is 19.1. The van der Waals surface area contributed by atoms with Crippen LogP contribution in [0.2, 0.25) is 0 Å². The summed E-state index contributed by atoms with van der Waals surface area (Å²) in [6.45, 7) is 1.79. The Morgan fingerprint density at radius 1 is 1.39 bits per heavy atom. The lowest BCUT2D eigenvalue weighted by atomic mass is 10.1. The third-order valence-corrected chi connectivity index (χ3v) is 2.73. The van der Waals surface area contributed by atoms with Crippen molar-refractivity contribution in [2.75, 3.05) is 0 Å². The quantitative estimate of drug-likeness (QED) is 0.763. The number of hydrogen-bond acceptors (Lipinski definition) is 3. The van der Waals surface area contributed by atoms with Crippen LogP contribution < -0.4 is 0 Å². The third-order valence-electron chi connectivity index (χ3n) is 2.73. The lowest BCUT2D eigenvalue weighted by Crippen LogP contribution is -1.93. The van der Waals surface area contributed by atoms with E-state index in [1.54, 1.807) is 13.0 Å². The van der Waals surface area contributed by atoms with Crippen molar-refractivity contribution in [2.24, 2.45) is 0 Å². The number of aryl methyl sites for hydroxylation is 3.